The molecule has 0 aliphatic carbocycles. The summed E-state index contributed by atoms with van der Waals surface area (Å²) in [6, 6.07) is 10.5. The van der Waals surface area contributed by atoms with Crippen molar-refractivity contribution in [1.82, 2.24) is 0 Å². The highest BCUT2D eigenvalue weighted by Gasteiger charge is 1.87. The minimum absolute atomic E-state index is 0.833. The number of fused-ring (bicyclic) bond motifs is 1. The van der Waals surface area contributed by atoms with Crippen LogP contribution in [-0.2, 0) is 4.79 Å². The molecule has 0 aliphatic heterocycles. The monoisotopic (exact) mass is 194 g/mol. The number of hydrogen-bond acceptors (Lipinski definition) is 2. The van der Waals surface area contributed by atoms with Crippen molar-refractivity contribution in [3.8, 4) is 0 Å². The largest absolute Gasteiger partial charge is 0.481 e. The first-order valence-electron chi connectivity index (χ1n) is 3.82. The van der Waals surface area contributed by atoms with Crippen LogP contribution in [0.4, 0.5) is 0 Å². The van der Waals surface area contributed by atoms with Crippen LogP contribution in [0, 0.1) is 0 Å². The molecule has 2 rings (SSSR count). The molecule has 13 heavy (non-hydrogen) atoms. The van der Waals surface area contributed by atoms with Crippen LogP contribution < -0.4 is 0 Å². The van der Waals surface area contributed by atoms with E-state index in [0.29, 0.717) is 0 Å². The molecule has 0 saturated carbocycles. The van der Waals surface area contributed by atoms with Gasteiger partial charge in [-0.15, -0.1) is 11.3 Å². The first-order valence-corrected chi connectivity index (χ1v) is 4.70. The summed E-state index contributed by atoms with van der Waals surface area (Å²) in [5, 5.41) is 10.9. The third-order valence-electron chi connectivity index (χ3n) is 1.36. The zero-order valence-electron chi connectivity index (χ0n) is 7.23. The van der Waals surface area contributed by atoms with E-state index in [4.69, 9.17) is 9.90 Å². The maximum Gasteiger partial charge on any atom is 0.300 e. The maximum atomic E-state index is 9.00. The smallest absolute Gasteiger partial charge is 0.300 e. The highest BCUT2D eigenvalue weighted by molar-refractivity contribution is 7.17. The van der Waals surface area contributed by atoms with Gasteiger partial charge < -0.3 is 5.11 Å². The Morgan fingerprint density at radius 1 is 1.31 bits per heavy atom. The number of rotatable bonds is 0. The van der Waals surface area contributed by atoms with Crippen LogP contribution in [0.1, 0.15) is 6.92 Å². The average molecular weight is 194 g/mol. The Kier molecular flexibility index (Phi) is 3.46. The van der Waals surface area contributed by atoms with Crippen LogP contribution in [-0.4, -0.2) is 11.1 Å². The molecule has 0 atom stereocenters. The molecule has 0 bridgehead atoms. The normalized spacial score (nSPS) is 9.00. The lowest BCUT2D eigenvalue weighted by Crippen LogP contribution is -1.78. The second kappa shape index (κ2) is 4.62. The van der Waals surface area contributed by atoms with Crippen molar-refractivity contribution in [2.75, 3.05) is 0 Å². The van der Waals surface area contributed by atoms with Gasteiger partial charge >= 0.3 is 0 Å². The zero-order chi connectivity index (χ0) is 9.68. The second-order valence-corrected chi connectivity index (χ2v) is 3.43. The Labute approximate surface area is 80.4 Å². The summed E-state index contributed by atoms with van der Waals surface area (Å²) in [5.74, 6) is -0.833. The van der Waals surface area contributed by atoms with Gasteiger partial charge in [0.15, 0.2) is 0 Å². The van der Waals surface area contributed by atoms with E-state index >= 15 is 0 Å². The average Bonchev–Trinajstić information content (AvgIpc) is 2.49. The van der Waals surface area contributed by atoms with Crippen molar-refractivity contribution < 1.29 is 9.90 Å². The predicted molar refractivity (Wildman–Crippen MR) is 55.1 cm³/mol. The minimum atomic E-state index is -0.833. The summed E-state index contributed by atoms with van der Waals surface area (Å²) in [5.41, 5.74) is 0. The number of thiophene rings is 1. The highest BCUT2D eigenvalue weighted by Crippen LogP contribution is 2.18. The van der Waals surface area contributed by atoms with Gasteiger partial charge in [-0.1, -0.05) is 18.2 Å². The number of hydrogen-bond donors (Lipinski definition) is 1. The van der Waals surface area contributed by atoms with E-state index in [2.05, 4.69) is 35.7 Å². The Balaban J connectivity index is 0.000000184. The summed E-state index contributed by atoms with van der Waals surface area (Å²) in [7, 11) is 0. The van der Waals surface area contributed by atoms with Crippen molar-refractivity contribution >= 4 is 27.4 Å². The van der Waals surface area contributed by atoms with Crippen LogP contribution in [0.25, 0.3) is 10.1 Å². The van der Waals surface area contributed by atoms with Crippen molar-refractivity contribution in [1.29, 1.82) is 0 Å². The lowest BCUT2D eigenvalue weighted by atomic mass is 10.3. The second-order valence-electron chi connectivity index (χ2n) is 2.48. The van der Waals surface area contributed by atoms with Crippen LogP contribution >= 0.6 is 11.3 Å². The minimum Gasteiger partial charge on any atom is -0.481 e. The molecule has 1 N–H and O–H groups in total. The number of carboxylic acid groups (broad SMARTS) is 1. The van der Waals surface area contributed by atoms with Gasteiger partial charge in [0, 0.05) is 11.6 Å². The van der Waals surface area contributed by atoms with Gasteiger partial charge in [-0.05, 0) is 22.9 Å². The third-order valence-corrected chi connectivity index (χ3v) is 2.26. The van der Waals surface area contributed by atoms with Gasteiger partial charge in [0.1, 0.15) is 0 Å². The molecule has 0 radical (unpaired) electrons. The molecule has 0 spiro atoms. The molecular formula is C10H10O2S. The summed E-state index contributed by atoms with van der Waals surface area (Å²) < 4.78 is 1.37. The molecule has 0 saturated heterocycles. The SMILES string of the molecule is CC(=O)O.c1ccc2sccc2c1. The first-order chi connectivity index (χ1) is 6.20. The highest BCUT2D eigenvalue weighted by atomic mass is 32.1. The molecule has 0 fully saturated rings. The predicted octanol–water partition coefficient (Wildman–Crippen LogP) is 2.99. The molecule has 0 unspecified atom stereocenters. The number of aliphatic carboxylic acids is 1. The zero-order valence-corrected chi connectivity index (χ0v) is 8.04. The van der Waals surface area contributed by atoms with Crippen molar-refractivity contribution in [2.45, 2.75) is 6.92 Å². The van der Waals surface area contributed by atoms with E-state index in [1.807, 2.05) is 0 Å². The molecule has 0 aliphatic rings. The molecule has 1 heterocycles. The van der Waals surface area contributed by atoms with Crippen LogP contribution in [0.3, 0.4) is 0 Å². The van der Waals surface area contributed by atoms with Gasteiger partial charge in [0.2, 0.25) is 0 Å². The molecule has 0 amide bonds. The number of carboxylic acids is 1. The maximum absolute atomic E-state index is 9.00. The van der Waals surface area contributed by atoms with E-state index in [9.17, 15) is 0 Å². The summed E-state index contributed by atoms with van der Waals surface area (Å²) >= 11 is 1.79. The van der Waals surface area contributed by atoms with Gasteiger partial charge in [0.25, 0.3) is 5.97 Å². The van der Waals surface area contributed by atoms with Crippen molar-refractivity contribution in [3.05, 3.63) is 35.7 Å². The molecule has 2 aromatic rings. The van der Waals surface area contributed by atoms with E-state index in [0.717, 1.165) is 6.92 Å². The number of benzene rings is 1. The number of carbonyl (C=O) groups is 1. The Hall–Kier alpha value is -1.35. The topological polar surface area (TPSA) is 37.3 Å². The fourth-order valence-corrected chi connectivity index (χ4v) is 1.70. The van der Waals surface area contributed by atoms with Gasteiger partial charge in [-0.3, -0.25) is 4.79 Å². The summed E-state index contributed by atoms with van der Waals surface area (Å²) in [4.78, 5) is 9.00. The van der Waals surface area contributed by atoms with E-state index in [1.165, 1.54) is 10.1 Å². The molecule has 1 aromatic heterocycles. The Morgan fingerprint density at radius 2 is 1.92 bits per heavy atom. The van der Waals surface area contributed by atoms with Crippen LogP contribution in [0.5, 0.6) is 0 Å². The Morgan fingerprint density at radius 3 is 2.54 bits per heavy atom. The lowest BCUT2D eigenvalue weighted by Gasteiger charge is -1.82. The van der Waals surface area contributed by atoms with E-state index in [1.54, 1.807) is 11.3 Å². The molecular weight excluding hydrogens is 184 g/mol. The quantitative estimate of drug-likeness (QED) is 0.700. The van der Waals surface area contributed by atoms with Crippen LogP contribution in [0.15, 0.2) is 35.7 Å². The summed E-state index contributed by atoms with van der Waals surface area (Å²) in [6.45, 7) is 1.08. The molecule has 2 nitrogen and oxygen atoms in total. The van der Waals surface area contributed by atoms with Gasteiger partial charge in [0.05, 0.1) is 0 Å². The fraction of sp³-hybridized carbons (Fsp3) is 0.100. The first kappa shape index (κ1) is 9.74. The summed E-state index contributed by atoms with van der Waals surface area (Å²) in [6.07, 6.45) is 0. The van der Waals surface area contributed by atoms with Crippen molar-refractivity contribution in [3.63, 3.8) is 0 Å². The third kappa shape index (κ3) is 3.25. The van der Waals surface area contributed by atoms with Gasteiger partial charge in [-0.25, -0.2) is 0 Å². The van der Waals surface area contributed by atoms with Crippen LogP contribution in [0.2, 0.25) is 0 Å². The van der Waals surface area contributed by atoms with Gasteiger partial charge in [-0.2, -0.15) is 0 Å². The standard InChI is InChI=1S/C8H6S.C2H4O2/c1-2-4-8-7(3-1)5-6-9-8;1-2(3)4/h1-6H;1H3,(H,3,4). The fourth-order valence-electron chi connectivity index (χ4n) is 0.906. The van der Waals surface area contributed by atoms with Crippen molar-refractivity contribution in [2.24, 2.45) is 0 Å². The molecule has 3 heteroatoms. The molecule has 68 valence electrons. The molecule has 1 aromatic carbocycles. The lowest BCUT2D eigenvalue weighted by molar-refractivity contribution is -0.134. The Bertz CT molecular complexity index is 358. The van der Waals surface area contributed by atoms with E-state index < -0.39 is 5.97 Å². The van der Waals surface area contributed by atoms with E-state index in [-0.39, 0.29) is 0 Å².